The van der Waals surface area contributed by atoms with Crippen LogP contribution >= 0.6 is 0 Å². The third kappa shape index (κ3) is 6.84. The Morgan fingerprint density at radius 2 is 1.66 bits per heavy atom. The molecule has 1 unspecified atom stereocenters. The van der Waals surface area contributed by atoms with Crippen molar-refractivity contribution in [3.8, 4) is 11.5 Å². The number of hydrogen-bond acceptors (Lipinski definition) is 6. The number of carbonyl (C=O) groups is 3. The third-order valence-electron chi connectivity index (χ3n) is 4.01. The average molecular weight is 400 g/mol. The minimum atomic E-state index is -1.10. The summed E-state index contributed by atoms with van der Waals surface area (Å²) in [5, 5.41) is 4.65. The van der Waals surface area contributed by atoms with Gasteiger partial charge in [-0.1, -0.05) is 24.3 Å². The molecule has 2 aromatic carbocycles. The molecule has 8 nitrogen and oxygen atoms in total. The van der Waals surface area contributed by atoms with Crippen LogP contribution in [0.4, 0.5) is 10.5 Å². The summed E-state index contributed by atoms with van der Waals surface area (Å²) in [4.78, 5) is 35.9. The van der Waals surface area contributed by atoms with E-state index in [1.165, 1.54) is 14.0 Å². The summed E-state index contributed by atoms with van der Waals surface area (Å²) in [6, 6.07) is 13.3. The van der Waals surface area contributed by atoms with Crippen molar-refractivity contribution >= 4 is 23.6 Å². The fourth-order valence-electron chi connectivity index (χ4n) is 2.49. The number of urea groups is 1. The van der Waals surface area contributed by atoms with Crippen molar-refractivity contribution in [1.82, 2.24) is 5.32 Å². The van der Waals surface area contributed by atoms with E-state index in [1.807, 2.05) is 6.07 Å². The molecule has 0 bridgehead atoms. The van der Waals surface area contributed by atoms with E-state index in [0.717, 1.165) is 5.56 Å². The number of esters is 1. The summed E-state index contributed by atoms with van der Waals surface area (Å²) in [7, 11) is 3.07. The summed E-state index contributed by atoms with van der Waals surface area (Å²) >= 11 is 0. The maximum atomic E-state index is 12.0. The molecule has 0 aliphatic carbocycles. The zero-order valence-electron chi connectivity index (χ0n) is 16.6. The van der Waals surface area contributed by atoms with Crippen molar-refractivity contribution in [3.05, 3.63) is 54.1 Å². The molecule has 0 radical (unpaired) electrons. The summed E-state index contributed by atoms with van der Waals surface area (Å²) in [5.74, 6) is -0.0998. The number of rotatable bonds is 8. The van der Waals surface area contributed by atoms with Gasteiger partial charge in [0, 0.05) is 12.1 Å². The van der Waals surface area contributed by atoms with Crippen LogP contribution < -0.4 is 20.1 Å². The third-order valence-corrected chi connectivity index (χ3v) is 4.01. The number of amides is 3. The van der Waals surface area contributed by atoms with Gasteiger partial charge in [-0.3, -0.25) is 14.9 Å². The topological polar surface area (TPSA) is 103 Å². The van der Waals surface area contributed by atoms with E-state index >= 15 is 0 Å². The Morgan fingerprint density at radius 3 is 2.31 bits per heavy atom. The molecule has 2 N–H and O–H groups in total. The van der Waals surface area contributed by atoms with Crippen LogP contribution in [0.5, 0.6) is 11.5 Å². The predicted octanol–water partition coefficient (Wildman–Crippen LogP) is 2.92. The number of aryl methyl sites for hydroxylation is 1. The van der Waals surface area contributed by atoms with Crippen LogP contribution in [0.15, 0.2) is 48.5 Å². The van der Waals surface area contributed by atoms with E-state index in [2.05, 4.69) is 10.6 Å². The molecule has 0 aliphatic rings. The lowest BCUT2D eigenvalue weighted by Crippen LogP contribution is -2.41. The number of nitrogens with one attached hydrogen (secondary N) is 2. The first-order chi connectivity index (χ1) is 13.9. The first-order valence-electron chi connectivity index (χ1n) is 9.00. The van der Waals surface area contributed by atoms with E-state index in [-0.39, 0.29) is 6.42 Å². The minimum Gasteiger partial charge on any atom is -0.493 e. The van der Waals surface area contributed by atoms with Crippen LogP contribution in [-0.4, -0.2) is 38.2 Å². The number of methoxy groups -OCH3 is 2. The van der Waals surface area contributed by atoms with Crippen LogP contribution in [0.25, 0.3) is 0 Å². The van der Waals surface area contributed by atoms with Gasteiger partial charge in [-0.05, 0) is 43.2 Å². The van der Waals surface area contributed by atoms with Crippen LogP contribution in [0, 0.1) is 0 Å². The summed E-state index contributed by atoms with van der Waals surface area (Å²) in [6.07, 6.45) is -0.625. The van der Waals surface area contributed by atoms with Crippen molar-refractivity contribution in [2.24, 2.45) is 0 Å². The van der Waals surface area contributed by atoms with Gasteiger partial charge >= 0.3 is 12.0 Å². The van der Waals surface area contributed by atoms with E-state index < -0.39 is 24.0 Å². The number of carbonyl (C=O) groups excluding carboxylic acids is 3. The second-order valence-corrected chi connectivity index (χ2v) is 6.13. The van der Waals surface area contributed by atoms with Crippen molar-refractivity contribution in [3.63, 3.8) is 0 Å². The molecule has 0 aliphatic heterocycles. The highest BCUT2D eigenvalue weighted by Crippen LogP contribution is 2.28. The zero-order valence-corrected chi connectivity index (χ0v) is 16.6. The number of anilines is 1. The Labute approximate surface area is 169 Å². The fourth-order valence-corrected chi connectivity index (χ4v) is 2.49. The van der Waals surface area contributed by atoms with E-state index in [9.17, 15) is 14.4 Å². The summed E-state index contributed by atoms with van der Waals surface area (Å²) in [5.41, 5.74) is 1.40. The van der Waals surface area contributed by atoms with Gasteiger partial charge in [0.1, 0.15) is 0 Å². The second-order valence-electron chi connectivity index (χ2n) is 6.13. The highest BCUT2D eigenvalue weighted by atomic mass is 16.5. The average Bonchev–Trinajstić information content (AvgIpc) is 2.72. The van der Waals surface area contributed by atoms with Gasteiger partial charge in [0.15, 0.2) is 17.6 Å². The molecule has 3 amide bonds. The van der Waals surface area contributed by atoms with Crippen molar-refractivity contribution < 1.29 is 28.6 Å². The van der Waals surface area contributed by atoms with E-state index in [0.29, 0.717) is 23.6 Å². The molecular weight excluding hydrogens is 376 g/mol. The summed E-state index contributed by atoms with van der Waals surface area (Å²) < 4.78 is 15.5. The molecule has 0 saturated carbocycles. The number of ether oxygens (including phenoxy) is 3. The van der Waals surface area contributed by atoms with Gasteiger partial charge in [-0.25, -0.2) is 4.79 Å². The Morgan fingerprint density at radius 1 is 0.966 bits per heavy atom. The molecule has 0 spiro atoms. The normalized spacial score (nSPS) is 11.1. The van der Waals surface area contributed by atoms with Crippen molar-refractivity contribution in [2.45, 2.75) is 25.9 Å². The van der Waals surface area contributed by atoms with Crippen LogP contribution in [0.2, 0.25) is 0 Å². The second kappa shape index (κ2) is 10.7. The maximum absolute atomic E-state index is 12.0. The van der Waals surface area contributed by atoms with Gasteiger partial charge in [0.05, 0.1) is 14.2 Å². The first-order valence-corrected chi connectivity index (χ1v) is 9.00. The Kier molecular flexibility index (Phi) is 8.02. The minimum absolute atomic E-state index is 0.0727. The maximum Gasteiger partial charge on any atom is 0.325 e. The van der Waals surface area contributed by atoms with Crippen LogP contribution in [-0.2, 0) is 20.7 Å². The largest absolute Gasteiger partial charge is 0.493 e. The highest BCUT2D eigenvalue weighted by Gasteiger charge is 2.20. The van der Waals surface area contributed by atoms with Gasteiger partial charge in [0.25, 0.3) is 5.91 Å². The predicted molar refractivity (Wildman–Crippen MR) is 107 cm³/mol. The molecular formula is C21H24N2O6. The quantitative estimate of drug-likeness (QED) is 0.661. The monoisotopic (exact) mass is 400 g/mol. The molecule has 0 aromatic heterocycles. The molecule has 29 heavy (non-hydrogen) atoms. The number of benzene rings is 2. The standard InChI is InChI=1S/C21H24N2O6/c1-14(20(25)23-21(26)22-16-7-5-4-6-8-16)29-19(24)12-10-15-9-11-17(27-2)18(13-15)28-3/h4-9,11,13-14H,10,12H2,1-3H3,(H2,22,23,25,26). The van der Waals surface area contributed by atoms with Gasteiger partial charge in [-0.2, -0.15) is 0 Å². The molecule has 2 rings (SSSR count). The smallest absolute Gasteiger partial charge is 0.325 e. The van der Waals surface area contributed by atoms with Crippen LogP contribution in [0.3, 0.4) is 0 Å². The molecule has 0 saturated heterocycles. The number of hydrogen-bond donors (Lipinski definition) is 2. The first kappa shape index (κ1) is 21.7. The van der Waals surface area contributed by atoms with E-state index in [4.69, 9.17) is 14.2 Å². The molecule has 1 atom stereocenters. The molecule has 0 heterocycles. The zero-order chi connectivity index (χ0) is 21.2. The highest BCUT2D eigenvalue weighted by molar-refractivity contribution is 6.02. The van der Waals surface area contributed by atoms with Crippen LogP contribution in [0.1, 0.15) is 18.9 Å². The lowest BCUT2D eigenvalue weighted by Gasteiger charge is -2.14. The molecule has 0 fully saturated rings. The fraction of sp³-hybridized carbons (Fsp3) is 0.286. The molecule has 8 heteroatoms. The summed E-state index contributed by atoms with van der Waals surface area (Å²) in [6.45, 7) is 1.40. The van der Waals surface area contributed by atoms with Gasteiger partial charge in [-0.15, -0.1) is 0 Å². The SMILES string of the molecule is COc1ccc(CCC(=O)OC(C)C(=O)NC(=O)Nc2ccccc2)cc1OC. The van der Waals surface area contributed by atoms with E-state index in [1.54, 1.807) is 49.6 Å². The van der Waals surface area contributed by atoms with Crippen molar-refractivity contribution in [1.29, 1.82) is 0 Å². The number of imide groups is 1. The molecule has 154 valence electrons. The number of para-hydroxylation sites is 1. The Bertz CT molecular complexity index is 854. The Hall–Kier alpha value is -3.55. The van der Waals surface area contributed by atoms with Crippen molar-refractivity contribution in [2.75, 3.05) is 19.5 Å². The lowest BCUT2D eigenvalue weighted by atomic mass is 10.1. The van der Waals surface area contributed by atoms with Gasteiger partial charge < -0.3 is 19.5 Å². The molecule has 2 aromatic rings. The van der Waals surface area contributed by atoms with Gasteiger partial charge in [0.2, 0.25) is 0 Å². The Balaban J connectivity index is 1.79. The lowest BCUT2D eigenvalue weighted by molar-refractivity contribution is -0.154.